The van der Waals surface area contributed by atoms with E-state index in [-0.39, 0.29) is 12.0 Å². The summed E-state index contributed by atoms with van der Waals surface area (Å²) in [5.74, 6) is -0.691. The van der Waals surface area contributed by atoms with E-state index in [1.165, 1.54) is 0 Å². The third kappa shape index (κ3) is 2.70. The van der Waals surface area contributed by atoms with E-state index >= 15 is 0 Å². The fourth-order valence-corrected chi connectivity index (χ4v) is 2.04. The van der Waals surface area contributed by atoms with Crippen LogP contribution in [0.2, 0.25) is 0 Å². The molecule has 0 spiro atoms. The summed E-state index contributed by atoms with van der Waals surface area (Å²) in [6.45, 7) is 8.28. The lowest BCUT2D eigenvalue weighted by atomic mass is 10.2. The molecule has 1 aliphatic heterocycles. The maximum absolute atomic E-state index is 12.0. The quantitative estimate of drug-likeness (QED) is 0.839. The van der Waals surface area contributed by atoms with Crippen molar-refractivity contribution in [2.24, 2.45) is 0 Å². The van der Waals surface area contributed by atoms with Crippen LogP contribution in [0.5, 0.6) is 0 Å². The zero-order valence-electron chi connectivity index (χ0n) is 11.2. The van der Waals surface area contributed by atoms with Gasteiger partial charge in [0, 0.05) is 12.2 Å². The maximum Gasteiger partial charge on any atom is 0.255 e. The van der Waals surface area contributed by atoms with Crippen LogP contribution in [0.25, 0.3) is 0 Å². The topological polar surface area (TPSA) is 76.2 Å². The van der Waals surface area contributed by atoms with Crippen LogP contribution in [0.15, 0.2) is 0 Å². The highest BCUT2D eigenvalue weighted by molar-refractivity contribution is 5.96. The van der Waals surface area contributed by atoms with Crippen LogP contribution in [0, 0.1) is 13.8 Å². The van der Waals surface area contributed by atoms with Gasteiger partial charge in [0.05, 0.1) is 17.9 Å². The van der Waals surface area contributed by atoms with Crippen molar-refractivity contribution in [1.82, 2.24) is 15.5 Å². The number of carbonyl (C=O) groups is 1. The Labute approximate surface area is 106 Å². The lowest BCUT2D eigenvalue weighted by molar-refractivity contribution is -0.137. The summed E-state index contributed by atoms with van der Waals surface area (Å²) in [7, 11) is 0. The number of ether oxygens (including phenoxy) is 2. The van der Waals surface area contributed by atoms with Gasteiger partial charge in [-0.05, 0) is 27.7 Å². The van der Waals surface area contributed by atoms with Gasteiger partial charge in [-0.3, -0.25) is 9.89 Å². The molecule has 2 heterocycles. The molecule has 1 aromatic rings. The molecule has 0 aliphatic carbocycles. The molecule has 6 nitrogen and oxygen atoms in total. The van der Waals surface area contributed by atoms with Gasteiger partial charge < -0.3 is 14.8 Å². The number of aryl methyl sites for hydroxylation is 2. The van der Waals surface area contributed by atoms with E-state index in [0.717, 1.165) is 5.69 Å². The summed E-state index contributed by atoms with van der Waals surface area (Å²) in [6.07, 6.45) is -0.100. The van der Waals surface area contributed by atoms with Crippen LogP contribution in [-0.4, -0.2) is 41.1 Å². The van der Waals surface area contributed by atoms with Gasteiger partial charge in [-0.15, -0.1) is 0 Å². The van der Waals surface area contributed by atoms with Crippen molar-refractivity contribution < 1.29 is 14.3 Å². The van der Waals surface area contributed by atoms with Crippen LogP contribution in [-0.2, 0) is 9.47 Å². The molecule has 1 fully saturated rings. The van der Waals surface area contributed by atoms with E-state index in [0.29, 0.717) is 24.4 Å². The van der Waals surface area contributed by atoms with Gasteiger partial charge in [0.15, 0.2) is 5.79 Å². The Kier molecular flexibility index (Phi) is 3.41. The number of amides is 1. The number of nitrogens with zero attached hydrogens (tertiary/aromatic N) is 1. The molecule has 1 aromatic heterocycles. The molecule has 18 heavy (non-hydrogen) atoms. The van der Waals surface area contributed by atoms with Gasteiger partial charge in [0.1, 0.15) is 6.10 Å². The molecule has 100 valence electrons. The van der Waals surface area contributed by atoms with E-state index in [9.17, 15) is 4.79 Å². The summed E-state index contributed by atoms with van der Waals surface area (Å²) in [6, 6.07) is 0. The average Bonchev–Trinajstić information content (AvgIpc) is 2.79. The number of carbonyl (C=O) groups excluding carboxylic acids is 1. The highest BCUT2D eigenvalue weighted by Crippen LogP contribution is 2.21. The summed E-state index contributed by atoms with van der Waals surface area (Å²) in [4.78, 5) is 12.0. The molecule has 1 saturated heterocycles. The predicted molar refractivity (Wildman–Crippen MR) is 65.3 cm³/mol. The lowest BCUT2D eigenvalue weighted by Crippen LogP contribution is -2.34. The summed E-state index contributed by atoms with van der Waals surface area (Å²) >= 11 is 0. The third-order valence-electron chi connectivity index (χ3n) is 2.91. The fraction of sp³-hybridized carbons (Fsp3) is 0.667. The van der Waals surface area contributed by atoms with Crippen molar-refractivity contribution in [3.05, 3.63) is 17.0 Å². The van der Waals surface area contributed by atoms with E-state index < -0.39 is 5.79 Å². The summed E-state index contributed by atoms with van der Waals surface area (Å²) < 4.78 is 11.0. The number of hydrogen-bond acceptors (Lipinski definition) is 4. The monoisotopic (exact) mass is 253 g/mol. The number of hydrogen-bond donors (Lipinski definition) is 2. The van der Waals surface area contributed by atoms with Crippen molar-refractivity contribution in [2.75, 3.05) is 13.2 Å². The smallest absolute Gasteiger partial charge is 0.255 e. The standard InChI is InChI=1S/C12H19N3O3/c1-7-10(8(2)15-14-7)11(16)13-5-9-6-17-12(3,4)18-9/h9H,5-6H2,1-4H3,(H,13,16)(H,14,15). The molecule has 1 aliphatic rings. The van der Waals surface area contributed by atoms with Crippen molar-refractivity contribution in [3.63, 3.8) is 0 Å². The molecule has 0 aromatic carbocycles. The molecule has 0 bridgehead atoms. The largest absolute Gasteiger partial charge is 0.349 e. The number of aromatic amines is 1. The van der Waals surface area contributed by atoms with Crippen molar-refractivity contribution in [3.8, 4) is 0 Å². The van der Waals surface area contributed by atoms with Crippen LogP contribution in [0.4, 0.5) is 0 Å². The zero-order valence-corrected chi connectivity index (χ0v) is 11.2. The van der Waals surface area contributed by atoms with Crippen LogP contribution in [0.1, 0.15) is 35.6 Å². The SMILES string of the molecule is Cc1n[nH]c(C)c1C(=O)NCC1COC(C)(C)O1. The molecule has 1 atom stereocenters. The van der Waals surface area contributed by atoms with Crippen LogP contribution in [0.3, 0.4) is 0 Å². The Morgan fingerprint density at radius 2 is 2.28 bits per heavy atom. The highest BCUT2D eigenvalue weighted by atomic mass is 16.7. The molecule has 2 N–H and O–H groups in total. The van der Waals surface area contributed by atoms with Gasteiger partial charge in [-0.1, -0.05) is 0 Å². The van der Waals surface area contributed by atoms with Gasteiger partial charge in [0.25, 0.3) is 5.91 Å². The molecule has 1 unspecified atom stereocenters. The Bertz CT molecular complexity index is 434. The van der Waals surface area contributed by atoms with Crippen molar-refractivity contribution in [2.45, 2.75) is 39.6 Å². The van der Waals surface area contributed by atoms with Gasteiger partial charge in [0.2, 0.25) is 0 Å². The van der Waals surface area contributed by atoms with E-state index in [1.807, 2.05) is 20.8 Å². The minimum absolute atomic E-state index is 0.100. The molecule has 2 rings (SSSR count). The second-order valence-electron chi connectivity index (χ2n) is 4.97. The Morgan fingerprint density at radius 1 is 1.56 bits per heavy atom. The van der Waals surface area contributed by atoms with Gasteiger partial charge in [-0.2, -0.15) is 5.10 Å². The second-order valence-corrected chi connectivity index (χ2v) is 4.97. The molecule has 0 radical (unpaired) electrons. The van der Waals surface area contributed by atoms with Crippen LogP contribution < -0.4 is 5.32 Å². The summed E-state index contributed by atoms with van der Waals surface area (Å²) in [5, 5.41) is 9.63. The first-order valence-electron chi connectivity index (χ1n) is 6.00. The van der Waals surface area contributed by atoms with E-state index in [4.69, 9.17) is 9.47 Å². The Hall–Kier alpha value is -1.40. The second kappa shape index (κ2) is 4.70. The number of rotatable bonds is 3. The average molecular weight is 253 g/mol. The Morgan fingerprint density at radius 3 is 2.78 bits per heavy atom. The molecular weight excluding hydrogens is 234 g/mol. The third-order valence-corrected chi connectivity index (χ3v) is 2.91. The van der Waals surface area contributed by atoms with Gasteiger partial charge >= 0.3 is 0 Å². The zero-order chi connectivity index (χ0) is 13.3. The summed E-state index contributed by atoms with van der Waals surface area (Å²) in [5.41, 5.74) is 2.08. The van der Waals surface area contributed by atoms with Crippen LogP contribution >= 0.6 is 0 Å². The first kappa shape index (κ1) is 13.0. The number of nitrogens with one attached hydrogen (secondary N) is 2. The van der Waals surface area contributed by atoms with Crippen molar-refractivity contribution in [1.29, 1.82) is 0 Å². The Balaban J connectivity index is 1.90. The fourth-order valence-electron chi connectivity index (χ4n) is 2.04. The predicted octanol–water partition coefficient (Wildman–Crippen LogP) is 0.908. The first-order chi connectivity index (χ1) is 8.39. The normalized spacial score (nSPS) is 22.1. The maximum atomic E-state index is 12.0. The minimum atomic E-state index is -0.559. The highest BCUT2D eigenvalue weighted by Gasteiger charge is 2.32. The molecule has 6 heteroatoms. The van der Waals surface area contributed by atoms with Gasteiger partial charge in [-0.25, -0.2) is 0 Å². The molecule has 0 saturated carbocycles. The van der Waals surface area contributed by atoms with E-state index in [1.54, 1.807) is 6.92 Å². The molecular formula is C12H19N3O3. The first-order valence-corrected chi connectivity index (χ1v) is 6.00. The minimum Gasteiger partial charge on any atom is -0.349 e. The number of H-pyrrole nitrogens is 1. The van der Waals surface area contributed by atoms with Crippen molar-refractivity contribution >= 4 is 5.91 Å². The lowest BCUT2D eigenvalue weighted by Gasteiger charge is -2.17. The number of aromatic nitrogens is 2. The van der Waals surface area contributed by atoms with E-state index in [2.05, 4.69) is 15.5 Å². The molecule has 1 amide bonds.